The molecule has 0 saturated carbocycles. The van der Waals surface area contributed by atoms with Gasteiger partial charge in [0, 0.05) is 44.1 Å². The summed E-state index contributed by atoms with van der Waals surface area (Å²) in [6.45, 7) is 0. The predicted octanol–water partition coefficient (Wildman–Crippen LogP) is 13.2. The lowest BCUT2D eigenvalue weighted by Gasteiger charge is -2.12. The maximum absolute atomic E-state index is 6.68. The molecule has 8 aromatic carbocycles. The minimum Gasteiger partial charge on any atom is -0.455 e. The van der Waals surface area contributed by atoms with E-state index in [2.05, 4.69) is 150 Å². The summed E-state index contributed by atoms with van der Waals surface area (Å²) in [5.41, 5.74) is 10.4. The topological polar surface area (TPSA) is 69.6 Å². The van der Waals surface area contributed by atoms with Crippen LogP contribution in [0.25, 0.3) is 117 Å². The van der Waals surface area contributed by atoms with Gasteiger partial charge in [-0.25, -0.2) is 19.9 Å². The van der Waals surface area contributed by atoms with E-state index < -0.39 is 0 Å². The van der Waals surface area contributed by atoms with Crippen LogP contribution in [0.5, 0.6) is 0 Å². The average molecular weight is 742 g/mol. The molecule has 0 spiro atoms. The molecule has 0 bridgehead atoms. The molecule has 6 nitrogen and oxygen atoms in total. The lowest BCUT2D eigenvalue weighted by Crippen LogP contribution is -2.01. The molecule has 0 unspecified atom stereocenters. The maximum atomic E-state index is 6.68. The highest BCUT2D eigenvalue weighted by atomic mass is 16.3. The smallest absolute Gasteiger partial charge is 0.164 e. The van der Waals surface area contributed by atoms with Crippen LogP contribution in [0.4, 0.5) is 0 Å². The molecule has 4 aromatic heterocycles. The first-order valence-corrected chi connectivity index (χ1v) is 19.4. The number of furan rings is 1. The minimum absolute atomic E-state index is 0.581. The molecule has 0 atom stereocenters. The molecule has 0 aliphatic heterocycles. The van der Waals surface area contributed by atoms with Gasteiger partial charge in [-0.15, -0.1) is 0 Å². The predicted molar refractivity (Wildman–Crippen MR) is 236 cm³/mol. The molecule has 0 aliphatic carbocycles. The Labute approximate surface area is 332 Å². The fourth-order valence-electron chi connectivity index (χ4n) is 8.55. The summed E-state index contributed by atoms with van der Waals surface area (Å²) in [7, 11) is 0. The molecule has 12 rings (SSSR count). The van der Waals surface area contributed by atoms with E-state index >= 15 is 0 Å². The average Bonchev–Trinajstić information content (AvgIpc) is 3.85. The van der Waals surface area contributed by atoms with Crippen molar-refractivity contribution in [3.8, 4) is 51.1 Å². The van der Waals surface area contributed by atoms with E-state index in [-0.39, 0.29) is 0 Å². The Morgan fingerprint density at radius 3 is 1.69 bits per heavy atom. The minimum atomic E-state index is 0.581. The molecule has 58 heavy (non-hydrogen) atoms. The van der Waals surface area contributed by atoms with E-state index in [0.717, 1.165) is 77.2 Å². The third-order valence-electron chi connectivity index (χ3n) is 11.2. The van der Waals surface area contributed by atoms with Gasteiger partial charge in [0.2, 0.25) is 0 Å². The van der Waals surface area contributed by atoms with Crippen LogP contribution in [0, 0.1) is 0 Å². The molecular weight excluding hydrogens is 711 g/mol. The summed E-state index contributed by atoms with van der Waals surface area (Å²) in [5, 5.41) is 7.75. The second kappa shape index (κ2) is 12.8. The molecule has 4 heterocycles. The zero-order chi connectivity index (χ0) is 38.2. The van der Waals surface area contributed by atoms with E-state index in [1.807, 2.05) is 42.5 Å². The van der Waals surface area contributed by atoms with Gasteiger partial charge in [-0.3, -0.25) is 0 Å². The Balaban J connectivity index is 1.02. The quantitative estimate of drug-likeness (QED) is 0.164. The number of hydrogen-bond donors (Lipinski definition) is 0. The van der Waals surface area contributed by atoms with Gasteiger partial charge >= 0.3 is 0 Å². The molecule has 0 radical (unpaired) electrons. The van der Waals surface area contributed by atoms with Crippen LogP contribution >= 0.6 is 0 Å². The molecule has 0 N–H and O–H groups in total. The third-order valence-corrected chi connectivity index (χ3v) is 11.2. The summed E-state index contributed by atoms with van der Waals surface area (Å²) in [4.78, 5) is 20.6. The van der Waals surface area contributed by atoms with Crippen LogP contribution in [0.1, 0.15) is 0 Å². The van der Waals surface area contributed by atoms with Gasteiger partial charge in [-0.2, -0.15) is 0 Å². The summed E-state index contributed by atoms with van der Waals surface area (Å²) in [6.07, 6.45) is 0. The van der Waals surface area contributed by atoms with Crippen molar-refractivity contribution in [1.82, 2.24) is 24.5 Å². The van der Waals surface area contributed by atoms with Crippen LogP contribution in [0.2, 0.25) is 0 Å². The fourth-order valence-corrected chi connectivity index (χ4v) is 8.55. The third kappa shape index (κ3) is 5.05. The Morgan fingerprint density at radius 2 is 0.948 bits per heavy atom. The van der Waals surface area contributed by atoms with Crippen molar-refractivity contribution in [2.24, 2.45) is 0 Å². The Hall–Kier alpha value is -7.96. The first-order valence-electron chi connectivity index (χ1n) is 19.4. The van der Waals surface area contributed by atoms with Crippen LogP contribution in [-0.2, 0) is 0 Å². The molecule has 12 aromatic rings. The largest absolute Gasteiger partial charge is 0.455 e. The SMILES string of the molecule is c1ccc(-c2nc(-c3ccc(-n4c5ccccc5c5ccccc54)cc3)nc(-c3cccc(-c4nc5ccc6ccccc6c5c5oc6ccccc6c45)c3)n2)cc1. The monoisotopic (exact) mass is 741 g/mol. The van der Waals surface area contributed by atoms with Crippen molar-refractivity contribution in [1.29, 1.82) is 0 Å². The van der Waals surface area contributed by atoms with E-state index in [1.165, 1.54) is 21.8 Å². The standard InChI is InChI=1S/C52H31N5O/c1-2-14-33(15-3-1)50-54-51(34-25-28-37(29-26-34)57-43-22-9-6-19-39(43)40-20-7-10-23-44(40)57)56-52(55-50)36-17-12-16-35(31-36)48-47-41-21-8-11-24-45(41)58-49(47)46-38-18-5-4-13-32(38)27-30-42(46)53-48/h1-31H. The van der Waals surface area contributed by atoms with E-state index in [9.17, 15) is 0 Å². The van der Waals surface area contributed by atoms with Crippen LogP contribution in [-0.4, -0.2) is 24.5 Å². The van der Waals surface area contributed by atoms with Gasteiger partial charge in [-0.1, -0.05) is 133 Å². The number of fused-ring (bicyclic) bond motifs is 10. The van der Waals surface area contributed by atoms with Gasteiger partial charge < -0.3 is 8.98 Å². The maximum Gasteiger partial charge on any atom is 0.164 e. The van der Waals surface area contributed by atoms with Crippen molar-refractivity contribution in [3.63, 3.8) is 0 Å². The van der Waals surface area contributed by atoms with Gasteiger partial charge in [0.1, 0.15) is 11.2 Å². The van der Waals surface area contributed by atoms with Gasteiger partial charge in [0.05, 0.1) is 33.0 Å². The van der Waals surface area contributed by atoms with Crippen molar-refractivity contribution in [2.75, 3.05) is 0 Å². The first-order chi connectivity index (χ1) is 28.7. The number of hydrogen-bond acceptors (Lipinski definition) is 5. The molecule has 0 saturated heterocycles. The number of rotatable bonds is 5. The molecule has 0 aliphatic rings. The van der Waals surface area contributed by atoms with Crippen LogP contribution < -0.4 is 0 Å². The first kappa shape index (κ1) is 32.3. The number of benzene rings is 8. The zero-order valence-corrected chi connectivity index (χ0v) is 31.0. The lowest BCUT2D eigenvalue weighted by molar-refractivity contribution is 0.673. The summed E-state index contributed by atoms with van der Waals surface area (Å²) < 4.78 is 9.00. The molecule has 0 amide bonds. The van der Waals surface area contributed by atoms with Crippen LogP contribution in [0.3, 0.4) is 0 Å². The summed E-state index contributed by atoms with van der Waals surface area (Å²) >= 11 is 0. The number of para-hydroxylation sites is 3. The lowest BCUT2D eigenvalue weighted by atomic mass is 9.98. The Kier molecular flexibility index (Phi) is 7.13. The van der Waals surface area contributed by atoms with E-state index in [1.54, 1.807) is 0 Å². The Bertz CT molecular complexity index is 3510. The zero-order valence-electron chi connectivity index (χ0n) is 31.0. The van der Waals surface area contributed by atoms with E-state index in [4.69, 9.17) is 24.4 Å². The summed E-state index contributed by atoms with van der Waals surface area (Å²) in [5.74, 6) is 1.79. The van der Waals surface area contributed by atoms with Crippen molar-refractivity contribution < 1.29 is 4.42 Å². The summed E-state index contributed by atoms with van der Waals surface area (Å²) in [6, 6.07) is 64.9. The van der Waals surface area contributed by atoms with Gasteiger partial charge in [0.15, 0.2) is 17.5 Å². The highest BCUT2D eigenvalue weighted by molar-refractivity contribution is 6.25. The second-order valence-corrected chi connectivity index (χ2v) is 14.6. The fraction of sp³-hybridized carbons (Fsp3) is 0. The van der Waals surface area contributed by atoms with Crippen molar-refractivity contribution >= 4 is 65.4 Å². The normalized spacial score (nSPS) is 11.8. The number of pyridine rings is 1. The number of aromatic nitrogens is 5. The molecule has 270 valence electrons. The second-order valence-electron chi connectivity index (χ2n) is 14.6. The number of nitrogens with zero attached hydrogens (tertiary/aromatic N) is 5. The highest BCUT2D eigenvalue weighted by Gasteiger charge is 2.21. The molecule has 0 fully saturated rings. The van der Waals surface area contributed by atoms with E-state index in [0.29, 0.717) is 17.5 Å². The van der Waals surface area contributed by atoms with Crippen molar-refractivity contribution in [2.45, 2.75) is 0 Å². The molecule has 6 heteroatoms. The highest BCUT2D eigenvalue weighted by Crippen LogP contribution is 2.42. The van der Waals surface area contributed by atoms with Crippen LogP contribution in [0.15, 0.2) is 192 Å². The van der Waals surface area contributed by atoms with Crippen molar-refractivity contribution in [3.05, 3.63) is 188 Å². The van der Waals surface area contributed by atoms with Gasteiger partial charge in [-0.05, 0) is 65.4 Å². The molecular formula is C52H31N5O. The Morgan fingerprint density at radius 1 is 0.379 bits per heavy atom. The van der Waals surface area contributed by atoms with Gasteiger partial charge in [0.25, 0.3) is 0 Å².